The van der Waals surface area contributed by atoms with Gasteiger partial charge in [0.25, 0.3) is 0 Å². The first-order valence-corrected chi connectivity index (χ1v) is 12.8. The van der Waals surface area contributed by atoms with Gasteiger partial charge < -0.3 is 12.4 Å². The molecular formula is C15H29ClOTe. The van der Waals surface area contributed by atoms with Crippen molar-refractivity contribution in [3.05, 3.63) is 0 Å². The van der Waals surface area contributed by atoms with Gasteiger partial charge in [0.05, 0.1) is 0 Å². The van der Waals surface area contributed by atoms with Crippen molar-refractivity contribution in [3.63, 3.8) is 0 Å². The Hall–Kier alpha value is 1.04. The number of hydrogen-bond acceptors (Lipinski definition) is 1. The van der Waals surface area contributed by atoms with E-state index in [9.17, 15) is 5.11 Å². The van der Waals surface area contributed by atoms with Crippen molar-refractivity contribution in [3.8, 4) is 0 Å². The van der Waals surface area contributed by atoms with Crippen molar-refractivity contribution in [1.82, 2.24) is 0 Å². The van der Waals surface area contributed by atoms with Gasteiger partial charge in [-0.25, -0.2) is 0 Å². The van der Waals surface area contributed by atoms with Crippen LogP contribution in [0.15, 0.2) is 0 Å². The molecule has 2 fully saturated rings. The number of aliphatic hydroxyl groups excluding tert-OH is 1. The number of rotatable bonds is 5. The molecule has 108 valence electrons. The summed E-state index contributed by atoms with van der Waals surface area (Å²) < 4.78 is 2.93. The molecule has 1 N–H and O–H groups in total. The van der Waals surface area contributed by atoms with Gasteiger partial charge in [-0.3, -0.25) is 0 Å². The number of unbranched alkanes of at least 4 members (excludes halogenated alkanes) is 1. The fourth-order valence-corrected chi connectivity index (χ4v) is 11.5. The van der Waals surface area contributed by atoms with E-state index in [-0.39, 0.29) is 18.5 Å². The normalized spacial score (nSPS) is 37.0. The molecule has 2 rings (SSSR count). The van der Waals surface area contributed by atoms with Crippen molar-refractivity contribution in [1.29, 1.82) is 0 Å². The van der Waals surface area contributed by atoms with Crippen LogP contribution in [0, 0.1) is 16.7 Å². The number of halogens is 1. The van der Waals surface area contributed by atoms with E-state index >= 15 is 0 Å². The summed E-state index contributed by atoms with van der Waals surface area (Å²) in [4.78, 5) is 2.56. The number of fused-ring (bicyclic) bond motifs is 2. The van der Waals surface area contributed by atoms with E-state index in [2.05, 4.69) is 25.7 Å². The second kappa shape index (κ2) is 6.21. The molecule has 3 atom stereocenters. The van der Waals surface area contributed by atoms with Crippen LogP contribution in [-0.4, -0.2) is 30.8 Å². The van der Waals surface area contributed by atoms with Crippen LogP contribution < -0.4 is 12.4 Å². The minimum absolute atomic E-state index is 0. The molecule has 0 aromatic heterocycles. The molecule has 0 spiro atoms. The summed E-state index contributed by atoms with van der Waals surface area (Å²) in [6.07, 6.45) is 6.55. The number of aliphatic hydroxyl groups is 1. The summed E-state index contributed by atoms with van der Waals surface area (Å²) in [5.41, 5.74) is 0.727. The Kier molecular flexibility index (Phi) is 5.90. The summed E-state index contributed by atoms with van der Waals surface area (Å²) in [5, 5.41) is 10.5. The van der Waals surface area contributed by atoms with Crippen LogP contribution in [0.5, 0.6) is 0 Å². The first-order chi connectivity index (χ1) is 7.94. The predicted octanol–water partition coefficient (Wildman–Crippen LogP) is 1.10. The Labute approximate surface area is 126 Å². The molecule has 3 unspecified atom stereocenters. The number of hydrogen-bond donors (Lipinski definition) is 1. The van der Waals surface area contributed by atoms with Crippen molar-refractivity contribution in [2.24, 2.45) is 16.7 Å². The van der Waals surface area contributed by atoms with Crippen molar-refractivity contribution < 1.29 is 17.5 Å². The maximum Gasteiger partial charge on any atom is -1.00 e. The van der Waals surface area contributed by atoms with Crippen molar-refractivity contribution in [2.45, 2.75) is 72.9 Å². The van der Waals surface area contributed by atoms with Gasteiger partial charge in [-0.15, -0.1) is 0 Å². The smallest absolute Gasteiger partial charge is 1.00 e. The molecule has 0 amide bonds. The molecule has 18 heavy (non-hydrogen) atoms. The van der Waals surface area contributed by atoms with Gasteiger partial charge in [-0.1, -0.05) is 0 Å². The summed E-state index contributed by atoms with van der Waals surface area (Å²) in [7, 11) is 0. The monoisotopic (exact) mass is 390 g/mol. The van der Waals surface area contributed by atoms with E-state index < -0.39 is 19.6 Å². The van der Waals surface area contributed by atoms with E-state index in [1.165, 1.54) is 34.6 Å². The Morgan fingerprint density at radius 3 is 2.44 bits per heavy atom. The maximum absolute atomic E-state index is 10.5. The molecule has 0 heterocycles. The van der Waals surface area contributed by atoms with Gasteiger partial charge in [-0.05, 0) is 0 Å². The van der Waals surface area contributed by atoms with E-state index in [4.69, 9.17) is 0 Å². The quantitative estimate of drug-likeness (QED) is 0.700. The zero-order chi connectivity index (χ0) is 12.7. The first kappa shape index (κ1) is 17.1. The van der Waals surface area contributed by atoms with Crippen molar-refractivity contribution in [2.75, 3.05) is 0 Å². The van der Waals surface area contributed by atoms with Crippen LogP contribution in [0.4, 0.5) is 0 Å². The molecule has 3 heteroatoms. The Morgan fingerprint density at radius 2 is 2.00 bits per heavy atom. The summed E-state index contributed by atoms with van der Waals surface area (Å²) >= 11 is -0.923. The van der Waals surface area contributed by atoms with Crippen LogP contribution in [0.1, 0.15) is 52.9 Å². The summed E-state index contributed by atoms with van der Waals surface area (Å²) in [6, 6.07) is 0. The van der Waals surface area contributed by atoms with E-state index in [1.807, 2.05) is 0 Å². The fourth-order valence-electron chi connectivity index (χ4n) is 4.28. The van der Waals surface area contributed by atoms with E-state index in [1.54, 1.807) is 0 Å². The Balaban J connectivity index is 0.00000162. The van der Waals surface area contributed by atoms with Gasteiger partial charge in [0.2, 0.25) is 0 Å². The van der Waals surface area contributed by atoms with Crippen LogP contribution in [0.25, 0.3) is 0 Å². The molecule has 0 saturated heterocycles. The van der Waals surface area contributed by atoms with Gasteiger partial charge in [0, 0.05) is 0 Å². The second-order valence-corrected chi connectivity index (χ2v) is 13.3. The molecule has 0 aromatic rings. The van der Waals surface area contributed by atoms with Gasteiger partial charge in [-0.2, -0.15) is 0 Å². The topological polar surface area (TPSA) is 20.2 Å². The van der Waals surface area contributed by atoms with Gasteiger partial charge in [0.1, 0.15) is 0 Å². The SMILES string of the molecule is CCCC[Te+](C)CC12CCC(CC1O)C2(C)C.[Cl-]. The molecule has 2 bridgehead atoms. The average Bonchev–Trinajstić information content (AvgIpc) is 2.60. The largest absolute Gasteiger partial charge is 1.00 e. The van der Waals surface area contributed by atoms with Crippen molar-refractivity contribution >= 4 is 19.6 Å². The first-order valence-electron chi connectivity index (χ1n) is 7.21. The third kappa shape index (κ3) is 2.60. The van der Waals surface area contributed by atoms with Crippen LogP contribution in [0.2, 0.25) is 13.9 Å². The van der Waals surface area contributed by atoms with E-state index in [0.717, 1.165) is 12.3 Å². The standard InChI is InChI=1S/C15H29OTe.ClH/c1-5-6-9-17(4)11-15-8-7-12(10-13(15)16)14(15,2)3;/h12-13,16H,5-11H2,1-4H3;1H/q+1;/p-1. The van der Waals surface area contributed by atoms with Crippen LogP contribution in [-0.2, 0) is 0 Å². The Bertz CT molecular complexity index is 282. The van der Waals surface area contributed by atoms with E-state index in [0.29, 0.717) is 10.8 Å². The molecule has 0 aromatic carbocycles. The van der Waals surface area contributed by atoms with Gasteiger partial charge in [0.15, 0.2) is 0 Å². The molecule has 2 saturated carbocycles. The predicted molar refractivity (Wildman–Crippen MR) is 75.7 cm³/mol. The maximum atomic E-state index is 10.5. The Morgan fingerprint density at radius 1 is 1.33 bits per heavy atom. The minimum atomic E-state index is -0.923. The molecule has 2 aliphatic rings. The zero-order valence-corrected chi connectivity index (χ0v) is 15.4. The molecule has 2 aliphatic carbocycles. The fraction of sp³-hybridized carbons (Fsp3) is 1.00. The molecule has 0 aliphatic heterocycles. The summed E-state index contributed by atoms with van der Waals surface area (Å²) in [5.74, 6) is 0.801. The van der Waals surface area contributed by atoms with Gasteiger partial charge >= 0.3 is 114 Å². The molecular weight excluding hydrogens is 359 g/mol. The third-order valence-electron chi connectivity index (χ3n) is 5.74. The summed E-state index contributed by atoms with van der Waals surface area (Å²) in [6.45, 7) is 7.17. The van der Waals surface area contributed by atoms with Crippen LogP contribution >= 0.6 is 0 Å². The zero-order valence-electron chi connectivity index (χ0n) is 12.3. The molecule has 1 nitrogen and oxygen atoms in total. The minimum Gasteiger partial charge on any atom is -1.00 e. The average molecular weight is 388 g/mol. The molecule has 0 radical (unpaired) electrons. The van der Waals surface area contributed by atoms with Crippen LogP contribution in [0.3, 0.4) is 0 Å². The second-order valence-electron chi connectivity index (χ2n) is 6.85. The third-order valence-corrected chi connectivity index (χ3v) is 11.4.